The number of rotatable bonds is 4. The fourth-order valence-electron chi connectivity index (χ4n) is 2.05. The lowest BCUT2D eigenvalue weighted by Gasteiger charge is -2.16. The van der Waals surface area contributed by atoms with Gasteiger partial charge in [0.05, 0.1) is 0 Å². The fraction of sp³-hybridized carbons (Fsp3) is 0.353. The number of hydrogen-bond donors (Lipinski definition) is 2. The van der Waals surface area contributed by atoms with E-state index in [-0.39, 0.29) is 11.0 Å². The first-order valence-electron chi connectivity index (χ1n) is 7.40. The van der Waals surface area contributed by atoms with E-state index in [0.29, 0.717) is 23.8 Å². The predicted octanol–water partition coefficient (Wildman–Crippen LogP) is 2.69. The third-order valence-electron chi connectivity index (χ3n) is 3.34. The lowest BCUT2D eigenvalue weighted by Crippen LogP contribution is -2.33. The second-order valence-electron chi connectivity index (χ2n) is 6.36. The molecule has 0 unspecified atom stereocenters. The Labute approximate surface area is 140 Å². The molecule has 2 rings (SSSR count). The summed E-state index contributed by atoms with van der Waals surface area (Å²) < 4.78 is 0. The van der Waals surface area contributed by atoms with E-state index in [1.165, 1.54) is 6.20 Å². The highest BCUT2D eigenvalue weighted by molar-refractivity contribution is 6.30. The van der Waals surface area contributed by atoms with Crippen LogP contribution in [0.25, 0.3) is 0 Å². The normalized spacial score (nSPS) is 11.3. The predicted molar refractivity (Wildman–Crippen MR) is 91.0 cm³/mol. The van der Waals surface area contributed by atoms with Crippen molar-refractivity contribution in [2.75, 3.05) is 6.54 Å². The van der Waals surface area contributed by atoms with Crippen molar-refractivity contribution in [3.63, 3.8) is 0 Å². The summed E-state index contributed by atoms with van der Waals surface area (Å²) in [6.07, 6.45) is 1.96. The van der Waals surface area contributed by atoms with Gasteiger partial charge in [0, 0.05) is 23.2 Å². The van der Waals surface area contributed by atoms with Gasteiger partial charge in [-0.3, -0.25) is 9.59 Å². The maximum atomic E-state index is 12.1. The Bertz CT molecular complexity index is 763. The summed E-state index contributed by atoms with van der Waals surface area (Å²) in [6, 6.07) is 7.44. The van der Waals surface area contributed by atoms with Gasteiger partial charge in [-0.15, -0.1) is 0 Å². The van der Waals surface area contributed by atoms with Gasteiger partial charge in [0.2, 0.25) is 0 Å². The summed E-state index contributed by atoms with van der Waals surface area (Å²) in [5.41, 5.74) is 0.336. The van der Waals surface area contributed by atoms with Crippen LogP contribution in [0.15, 0.2) is 35.3 Å². The zero-order chi connectivity index (χ0) is 17.0. The summed E-state index contributed by atoms with van der Waals surface area (Å²) in [6.45, 7) is 6.24. The molecule has 2 N–H and O–H groups in total. The number of halogens is 1. The third kappa shape index (κ3) is 4.66. The molecule has 0 saturated carbocycles. The maximum Gasteiger partial charge on any atom is 0.263 e. The molecule has 1 amide bonds. The number of carbonyl (C=O) groups is 1. The highest BCUT2D eigenvalue weighted by Crippen LogP contribution is 2.16. The smallest absolute Gasteiger partial charge is 0.263 e. The van der Waals surface area contributed by atoms with Gasteiger partial charge in [0.25, 0.3) is 11.5 Å². The van der Waals surface area contributed by atoms with E-state index in [9.17, 15) is 9.59 Å². The molecule has 0 saturated heterocycles. The van der Waals surface area contributed by atoms with Crippen LogP contribution in [0, 0.1) is 0 Å². The molecule has 0 radical (unpaired) electrons. The Morgan fingerprint density at radius 1 is 1.35 bits per heavy atom. The van der Waals surface area contributed by atoms with Crippen LogP contribution < -0.4 is 10.9 Å². The van der Waals surface area contributed by atoms with E-state index < -0.39 is 11.5 Å². The van der Waals surface area contributed by atoms with Gasteiger partial charge in [0.1, 0.15) is 11.4 Å². The van der Waals surface area contributed by atoms with Gasteiger partial charge in [-0.05, 0) is 24.1 Å². The Balaban J connectivity index is 2.00. The molecule has 6 heteroatoms. The molecule has 1 heterocycles. The van der Waals surface area contributed by atoms with Crippen molar-refractivity contribution in [2.45, 2.75) is 32.6 Å². The topological polar surface area (TPSA) is 74.8 Å². The molecule has 23 heavy (non-hydrogen) atoms. The van der Waals surface area contributed by atoms with Gasteiger partial charge in [-0.1, -0.05) is 44.5 Å². The Hall–Kier alpha value is -2.14. The number of nitrogens with one attached hydrogen (secondary N) is 2. The number of hydrogen-bond acceptors (Lipinski definition) is 3. The maximum absolute atomic E-state index is 12.1. The number of amides is 1. The number of benzene rings is 1. The zero-order valence-electron chi connectivity index (χ0n) is 13.4. The minimum absolute atomic E-state index is 0.0177. The van der Waals surface area contributed by atoms with Crippen LogP contribution in [0.1, 0.15) is 42.5 Å². The van der Waals surface area contributed by atoms with Crippen LogP contribution in [0.5, 0.6) is 0 Å². The van der Waals surface area contributed by atoms with Gasteiger partial charge in [-0.25, -0.2) is 4.98 Å². The second-order valence-corrected chi connectivity index (χ2v) is 6.80. The molecule has 0 aliphatic rings. The molecular formula is C17H20ClN3O2. The molecule has 5 nitrogen and oxygen atoms in total. The number of carbonyl (C=O) groups excluding carboxylic acids is 1. The van der Waals surface area contributed by atoms with Crippen molar-refractivity contribution < 1.29 is 4.79 Å². The van der Waals surface area contributed by atoms with Crippen LogP contribution >= 0.6 is 11.6 Å². The summed E-state index contributed by atoms with van der Waals surface area (Å²) in [7, 11) is 0. The van der Waals surface area contributed by atoms with Crippen molar-refractivity contribution in [1.29, 1.82) is 0 Å². The second kappa shape index (κ2) is 6.96. The monoisotopic (exact) mass is 333 g/mol. The molecule has 1 aromatic heterocycles. The average molecular weight is 334 g/mol. The highest BCUT2D eigenvalue weighted by atomic mass is 35.5. The van der Waals surface area contributed by atoms with Crippen molar-refractivity contribution in [1.82, 2.24) is 15.3 Å². The minimum Gasteiger partial charge on any atom is -0.351 e. The van der Waals surface area contributed by atoms with E-state index in [1.807, 2.05) is 39.0 Å². The summed E-state index contributed by atoms with van der Waals surface area (Å²) in [4.78, 5) is 31.0. The molecule has 0 aliphatic heterocycles. The highest BCUT2D eigenvalue weighted by Gasteiger charge is 2.19. The Morgan fingerprint density at radius 3 is 2.70 bits per heavy atom. The van der Waals surface area contributed by atoms with Gasteiger partial charge < -0.3 is 10.3 Å². The van der Waals surface area contributed by atoms with Gasteiger partial charge >= 0.3 is 0 Å². The largest absolute Gasteiger partial charge is 0.351 e. The first kappa shape index (κ1) is 17.2. The minimum atomic E-state index is -0.429. The summed E-state index contributed by atoms with van der Waals surface area (Å²) in [5, 5.41) is 3.38. The van der Waals surface area contributed by atoms with Crippen molar-refractivity contribution >= 4 is 17.5 Å². The van der Waals surface area contributed by atoms with Crippen LogP contribution in [-0.2, 0) is 11.8 Å². The summed E-state index contributed by atoms with van der Waals surface area (Å²) in [5.74, 6) is 0.124. The quantitative estimate of drug-likeness (QED) is 0.903. The molecule has 0 fully saturated rings. The first-order chi connectivity index (χ1) is 10.8. The van der Waals surface area contributed by atoms with Crippen molar-refractivity contribution in [2.24, 2.45) is 0 Å². The summed E-state index contributed by atoms with van der Waals surface area (Å²) >= 11 is 5.91. The zero-order valence-corrected chi connectivity index (χ0v) is 14.2. The SMILES string of the molecule is CC(C)(C)c1ncc(C(=O)NCCc2cccc(Cl)c2)c(=O)[nH]1. The van der Waals surface area contributed by atoms with Crippen molar-refractivity contribution in [3.8, 4) is 0 Å². The standard InChI is InChI=1S/C17H20ClN3O2/c1-17(2,3)16-20-10-13(15(23)21-16)14(22)19-8-7-11-5-4-6-12(18)9-11/h4-6,9-10H,7-8H2,1-3H3,(H,19,22)(H,20,21,23). The van der Waals surface area contributed by atoms with Crippen molar-refractivity contribution in [3.05, 3.63) is 62.8 Å². The lowest BCUT2D eigenvalue weighted by molar-refractivity contribution is 0.0952. The van der Waals surface area contributed by atoms with Gasteiger partial charge in [0.15, 0.2) is 0 Å². The molecule has 0 bridgehead atoms. The van der Waals surface area contributed by atoms with E-state index >= 15 is 0 Å². The molecule has 0 spiro atoms. The Morgan fingerprint density at radius 2 is 2.09 bits per heavy atom. The van der Waals surface area contributed by atoms with Crippen LogP contribution in [0.2, 0.25) is 5.02 Å². The van der Waals surface area contributed by atoms with E-state index in [1.54, 1.807) is 6.07 Å². The first-order valence-corrected chi connectivity index (χ1v) is 7.77. The average Bonchev–Trinajstić information content (AvgIpc) is 2.46. The fourth-order valence-corrected chi connectivity index (χ4v) is 2.26. The van der Waals surface area contributed by atoms with E-state index in [0.717, 1.165) is 5.56 Å². The number of nitrogens with zero attached hydrogens (tertiary/aromatic N) is 1. The molecule has 122 valence electrons. The molecular weight excluding hydrogens is 314 g/mol. The van der Waals surface area contributed by atoms with Crippen LogP contribution in [0.3, 0.4) is 0 Å². The Kier molecular flexibility index (Phi) is 5.21. The lowest BCUT2D eigenvalue weighted by atomic mass is 9.96. The molecule has 1 aromatic carbocycles. The molecule has 2 aromatic rings. The van der Waals surface area contributed by atoms with Crippen LogP contribution in [-0.4, -0.2) is 22.4 Å². The molecule has 0 aliphatic carbocycles. The van der Waals surface area contributed by atoms with E-state index in [2.05, 4.69) is 15.3 Å². The third-order valence-corrected chi connectivity index (χ3v) is 3.58. The number of H-pyrrole nitrogens is 1. The van der Waals surface area contributed by atoms with Crippen LogP contribution in [0.4, 0.5) is 0 Å². The number of aromatic amines is 1. The molecule has 0 atom stereocenters. The number of aromatic nitrogens is 2. The van der Waals surface area contributed by atoms with E-state index in [4.69, 9.17) is 11.6 Å². The van der Waals surface area contributed by atoms with Gasteiger partial charge in [-0.2, -0.15) is 0 Å².